The number of esters is 1. The van der Waals surface area contributed by atoms with E-state index in [1.54, 1.807) is 0 Å². The van der Waals surface area contributed by atoms with Gasteiger partial charge in [-0.15, -0.1) is 0 Å². The first-order valence-corrected chi connectivity index (χ1v) is 4.88. The maximum Gasteiger partial charge on any atom is 0.314 e. The van der Waals surface area contributed by atoms with Gasteiger partial charge in [0.2, 0.25) is 0 Å². The van der Waals surface area contributed by atoms with Gasteiger partial charge in [-0.1, -0.05) is 37.7 Å². The van der Waals surface area contributed by atoms with E-state index in [0.717, 1.165) is 25.7 Å². The summed E-state index contributed by atoms with van der Waals surface area (Å²) >= 11 is 0. The molecule has 0 saturated heterocycles. The fourth-order valence-corrected chi connectivity index (χ4v) is 1.19. The summed E-state index contributed by atoms with van der Waals surface area (Å²) in [5.74, 6) is -0.445. The van der Waals surface area contributed by atoms with Crippen LogP contribution in [0.15, 0.2) is 5.11 Å². The van der Waals surface area contributed by atoms with Gasteiger partial charge in [-0.25, -0.2) is 0 Å². The van der Waals surface area contributed by atoms with Crippen molar-refractivity contribution in [1.29, 1.82) is 0 Å². The summed E-state index contributed by atoms with van der Waals surface area (Å²) in [6.07, 6.45) is 4.82. The van der Waals surface area contributed by atoms with E-state index in [1.807, 2.05) is 0 Å². The van der Waals surface area contributed by atoms with Crippen molar-refractivity contribution in [3.05, 3.63) is 10.4 Å². The maximum atomic E-state index is 11.1. The van der Waals surface area contributed by atoms with E-state index in [9.17, 15) is 4.79 Å². The average molecular weight is 199 g/mol. The Morgan fingerprint density at radius 2 is 2.21 bits per heavy atom. The molecule has 0 rings (SSSR count). The van der Waals surface area contributed by atoms with Crippen LogP contribution in [0, 0.1) is 0 Å². The Morgan fingerprint density at radius 1 is 1.50 bits per heavy atom. The number of rotatable bonds is 7. The molecule has 80 valence electrons. The second kappa shape index (κ2) is 8.38. The van der Waals surface area contributed by atoms with Crippen molar-refractivity contribution in [2.45, 2.75) is 45.1 Å². The van der Waals surface area contributed by atoms with Crippen molar-refractivity contribution in [3.8, 4) is 0 Å². The van der Waals surface area contributed by atoms with Gasteiger partial charge in [0.15, 0.2) is 0 Å². The molecule has 0 radical (unpaired) electrons. The molecule has 0 aliphatic carbocycles. The normalized spacial score (nSPS) is 11.6. The number of unbranched alkanes of at least 4 members (excludes halogenated alkanes) is 3. The molecule has 0 N–H and O–H groups in total. The van der Waals surface area contributed by atoms with Crippen LogP contribution >= 0.6 is 0 Å². The zero-order chi connectivity index (χ0) is 10.8. The summed E-state index contributed by atoms with van der Waals surface area (Å²) in [6.45, 7) is 2.12. The molecule has 0 heterocycles. The minimum atomic E-state index is -0.651. The fourth-order valence-electron chi connectivity index (χ4n) is 1.19. The van der Waals surface area contributed by atoms with Crippen LogP contribution in [0.2, 0.25) is 0 Å². The fraction of sp³-hybridized carbons (Fsp3) is 0.889. The highest BCUT2D eigenvalue weighted by Crippen LogP contribution is 2.09. The molecule has 5 heteroatoms. The second-order valence-corrected chi connectivity index (χ2v) is 3.09. The van der Waals surface area contributed by atoms with E-state index in [0.29, 0.717) is 6.42 Å². The van der Waals surface area contributed by atoms with Crippen molar-refractivity contribution < 1.29 is 9.53 Å². The summed E-state index contributed by atoms with van der Waals surface area (Å²) in [5.41, 5.74) is 8.23. The predicted octanol–water partition coefficient (Wildman–Crippen LogP) is 2.81. The first kappa shape index (κ1) is 12.8. The first-order valence-electron chi connectivity index (χ1n) is 4.88. The molecule has 0 aromatic rings. The molecular formula is C9H17N3O2. The molecule has 0 saturated carbocycles. The van der Waals surface area contributed by atoms with E-state index >= 15 is 0 Å². The Labute approximate surface area is 84.1 Å². The lowest BCUT2D eigenvalue weighted by atomic mass is 10.1. The Morgan fingerprint density at radius 3 is 2.71 bits per heavy atom. The van der Waals surface area contributed by atoms with E-state index in [1.165, 1.54) is 7.11 Å². The van der Waals surface area contributed by atoms with Crippen molar-refractivity contribution in [1.82, 2.24) is 0 Å². The van der Waals surface area contributed by atoms with E-state index in [2.05, 4.69) is 21.7 Å². The zero-order valence-corrected chi connectivity index (χ0v) is 8.77. The van der Waals surface area contributed by atoms with E-state index in [-0.39, 0.29) is 0 Å². The Kier molecular flexibility index (Phi) is 7.65. The van der Waals surface area contributed by atoms with Crippen LogP contribution in [0.4, 0.5) is 0 Å². The van der Waals surface area contributed by atoms with Gasteiger partial charge in [-0.2, -0.15) is 0 Å². The molecule has 0 bridgehead atoms. The van der Waals surface area contributed by atoms with Gasteiger partial charge in [-0.05, 0) is 12.0 Å². The Bertz CT molecular complexity index is 212. The average Bonchev–Trinajstić information content (AvgIpc) is 2.21. The van der Waals surface area contributed by atoms with E-state index in [4.69, 9.17) is 5.53 Å². The molecule has 0 aromatic heterocycles. The number of hydrogen-bond acceptors (Lipinski definition) is 3. The molecule has 0 aliphatic rings. The van der Waals surface area contributed by atoms with Crippen molar-refractivity contribution in [3.63, 3.8) is 0 Å². The van der Waals surface area contributed by atoms with Crippen molar-refractivity contribution in [2.75, 3.05) is 7.11 Å². The molecule has 0 aromatic carbocycles. The number of carbonyl (C=O) groups is 1. The number of carbonyl (C=O) groups excluding carboxylic acids is 1. The zero-order valence-electron chi connectivity index (χ0n) is 8.77. The number of methoxy groups -OCH3 is 1. The Hall–Kier alpha value is -1.22. The van der Waals surface area contributed by atoms with E-state index < -0.39 is 12.0 Å². The molecule has 0 aliphatic heterocycles. The summed E-state index contributed by atoms with van der Waals surface area (Å²) < 4.78 is 4.52. The highest BCUT2D eigenvalue weighted by atomic mass is 16.5. The van der Waals surface area contributed by atoms with Crippen LogP contribution in [0.5, 0.6) is 0 Å². The summed E-state index contributed by atoms with van der Waals surface area (Å²) in [5, 5.41) is 3.40. The molecular weight excluding hydrogens is 182 g/mol. The van der Waals surface area contributed by atoms with Gasteiger partial charge >= 0.3 is 5.97 Å². The summed E-state index contributed by atoms with van der Waals surface area (Å²) in [7, 11) is 1.30. The van der Waals surface area contributed by atoms with Gasteiger partial charge < -0.3 is 4.74 Å². The minimum Gasteiger partial charge on any atom is -0.469 e. The third-order valence-electron chi connectivity index (χ3n) is 2.00. The summed E-state index contributed by atoms with van der Waals surface area (Å²) in [6, 6.07) is -0.651. The highest BCUT2D eigenvalue weighted by molar-refractivity contribution is 5.75. The molecule has 0 fully saturated rings. The van der Waals surface area contributed by atoms with Crippen LogP contribution in [-0.2, 0) is 9.53 Å². The molecule has 0 spiro atoms. The number of nitrogens with zero attached hydrogens (tertiary/aromatic N) is 3. The third kappa shape index (κ3) is 5.43. The third-order valence-corrected chi connectivity index (χ3v) is 2.00. The van der Waals surface area contributed by atoms with Crippen LogP contribution in [0.1, 0.15) is 39.0 Å². The van der Waals surface area contributed by atoms with Gasteiger partial charge in [0.05, 0.1) is 7.11 Å². The second-order valence-electron chi connectivity index (χ2n) is 3.09. The number of azide groups is 1. The molecule has 1 unspecified atom stereocenters. The monoisotopic (exact) mass is 199 g/mol. The van der Waals surface area contributed by atoms with Crippen LogP contribution in [0.25, 0.3) is 10.4 Å². The number of ether oxygens (including phenoxy) is 1. The van der Waals surface area contributed by atoms with Gasteiger partial charge in [0, 0.05) is 4.91 Å². The molecule has 1 atom stereocenters. The summed E-state index contributed by atoms with van der Waals surface area (Å²) in [4.78, 5) is 13.7. The minimum absolute atomic E-state index is 0.445. The molecule has 14 heavy (non-hydrogen) atoms. The van der Waals surface area contributed by atoms with Gasteiger partial charge in [-0.3, -0.25) is 4.79 Å². The topological polar surface area (TPSA) is 75.1 Å². The quantitative estimate of drug-likeness (QED) is 0.208. The van der Waals surface area contributed by atoms with Gasteiger partial charge in [0.1, 0.15) is 6.04 Å². The van der Waals surface area contributed by atoms with Gasteiger partial charge in [0.25, 0.3) is 0 Å². The Balaban J connectivity index is 3.85. The lowest BCUT2D eigenvalue weighted by molar-refractivity contribution is -0.142. The smallest absolute Gasteiger partial charge is 0.314 e. The number of hydrogen-bond donors (Lipinski definition) is 0. The maximum absolute atomic E-state index is 11.1. The van der Waals surface area contributed by atoms with Crippen LogP contribution in [-0.4, -0.2) is 19.1 Å². The SMILES string of the molecule is CCCCCCC(N=[N+]=[N-])C(=O)OC. The largest absolute Gasteiger partial charge is 0.469 e. The van der Waals surface area contributed by atoms with Crippen LogP contribution < -0.4 is 0 Å². The predicted molar refractivity (Wildman–Crippen MR) is 53.7 cm³/mol. The molecule has 5 nitrogen and oxygen atoms in total. The lowest BCUT2D eigenvalue weighted by Crippen LogP contribution is -2.19. The molecule has 0 amide bonds. The van der Waals surface area contributed by atoms with Crippen molar-refractivity contribution in [2.24, 2.45) is 5.11 Å². The highest BCUT2D eigenvalue weighted by Gasteiger charge is 2.16. The standard InChI is InChI=1S/C9H17N3O2/c1-3-4-5-6-7-8(11-12-10)9(13)14-2/h8H,3-7H2,1-2H3. The first-order chi connectivity index (χ1) is 6.76. The van der Waals surface area contributed by atoms with Crippen LogP contribution in [0.3, 0.4) is 0 Å². The lowest BCUT2D eigenvalue weighted by Gasteiger charge is -2.07. The van der Waals surface area contributed by atoms with Crippen molar-refractivity contribution >= 4 is 5.97 Å².